The molecule has 0 spiro atoms. The summed E-state index contributed by atoms with van der Waals surface area (Å²) in [5, 5.41) is 14.9. The van der Waals surface area contributed by atoms with Crippen molar-refractivity contribution in [2.45, 2.75) is 6.54 Å². The van der Waals surface area contributed by atoms with Gasteiger partial charge in [0.2, 0.25) is 11.8 Å². The Morgan fingerprint density at radius 3 is 3.00 bits per heavy atom. The fraction of sp³-hybridized carbons (Fsp3) is 0.167. The van der Waals surface area contributed by atoms with Crippen LogP contribution in [0, 0.1) is 11.3 Å². The maximum absolute atomic E-state index is 12.0. The highest BCUT2D eigenvalue weighted by molar-refractivity contribution is 5.90. The molecule has 7 heteroatoms. The van der Waals surface area contributed by atoms with Crippen LogP contribution in [0.3, 0.4) is 0 Å². The van der Waals surface area contributed by atoms with E-state index in [1.807, 2.05) is 6.07 Å². The minimum Gasteiger partial charge on any atom is -0.366 e. The standard InChI is InChI=1S/C12H12N6O/c1-18(11(19)10-15-12(14)17-16-10)7-9-4-2-3-8(5-9)6-13/h2-5H,7H2,1H3,(H3,14,15,16,17). The van der Waals surface area contributed by atoms with Gasteiger partial charge in [-0.3, -0.25) is 9.89 Å². The summed E-state index contributed by atoms with van der Waals surface area (Å²) >= 11 is 0. The van der Waals surface area contributed by atoms with Crippen molar-refractivity contribution < 1.29 is 4.79 Å². The van der Waals surface area contributed by atoms with E-state index in [1.54, 1.807) is 25.2 Å². The molecule has 3 N–H and O–H groups in total. The lowest BCUT2D eigenvalue weighted by Gasteiger charge is -2.15. The molecule has 0 aliphatic rings. The summed E-state index contributed by atoms with van der Waals surface area (Å²) in [6.07, 6.45) is 0. The van der Waals surface area contributed by atoms with Crippen LogP contribution in [0.1, 0.15) is 21.7 Å². The molecule has 0 bridgehead atoms. The van der Waals surface area contributed by atoms with E-state index in [0.29, 0.717) is 12.1 Å². The number of anilines is 1. The van der Waals surface area contributed by atoms with Gasteiger partial charge >= 0.3 is 0 Å². The second-order valence-corrected chi connectivity index (χ2v) is 4.02. The minimum absolute atomic E-state index is 0.0308. The highest BCUT2D eigenvalue weighted by Gasteiger charge is 2.16. The molecule has 1 amide bonds. The number of benzene rings is 1. The van der Waals surface area contributed by atoms with Crippen LogP contribution >= 0.6 is 0 Å². The zero-order valence-corrected chi connectivity index (χ0v) is 10.3. The smallest absolute Gasteiger partial charge is 0.291 e. The summed E-state index contributed by atoms with van der Waals surface area (Å²) in [4.78, 5) is 17.2. The first kappa shape index (κ1) is 12.6. The lowest BCUT2D eigenvalue weighted by atomic mass is 10.1. The zero-order valence-electron chi connectivity index (χ0n) is 10.3. The highest BCUT2D eigenvalue weighted by Crippen LogP contribution is 2.08. The van der Waals surface area contributed by atoms with Crippen molar-refractivity contribution in [2.24, 2.45) is 0 Å². The van der Waals surface area contributed by atoms with Gasteiger partial charge in [-0.1, -0.05) is 12.1 Å². The van der Waals surface area contributed by atoms with Crippen molar-refractivity contribution in [3.8, 4) is 6.07 Å². The van der Waals surface area contributed by atoms with E-state index >= 15 is 0 Å². The predicted octanol–water partition coefficient (Wildman–Crippen LogP) is 0.531. The van der Waals surface area contributed by atoms with Gasteiger partial charge in [-0.25, -0.2) is 0 Å². The van der Waals surface area contributed by atoms with Gasteiger partial charge < -0.3 is 10.6 Å². The lowest BCUT2D eigenvalue weighted by molar-refractivity contribution is 0.0773. The largest absolute Gasteiger partial charge is 0.366 e. The molecular weight excluding hydrogens is 244 g/mol. The van der Waals surface area contributed by atoms with Gasteiger partial charge in [0, 0.05) is 13.6 Å². The summed E-state index contributed by atoms with van der Waals surface area (Å²) in [5.41, 5.74) is 6.77. The van der Waals surface area contributed by atoms with Crippen LogP contribution in [0.15, 0.2) is 24.3 Å². The third-order valence-electron chi connectivity index (χ3n) is 2.53. The number of nitrogens with zero attached hydrogens (tertiary/aromatic N) is 4. The first-order chi connectivity index (χ1) is 9.10. The number of aromatic nitrogens is 3. The second kappa shape index (κ2) is 5.18. The van der Waals surface area contributed by atoms with Crippen molar-refractivity contribution in [1.29, 1.82) is 5.26 Å². The van der Waals surface area contributed by atoms with Gasteiger partial charge in [-0.15, -0.1) is 5.10 Å². The van der Waals surface area contributed by atoms with E-state index < -0.39 is 0 Å². The molecule has 2 aromatic rings. The van der Waals surface area contributed by atoms with E-state index in [-0.39, 0.29) is 17.7 Å². The molecule has 96 valence electrons. The molecular formula is C12H12N6O. The Morgan fingerprint density at radius 1 is 1.58 bits per heavy atom. The van der Waals surface area contributed by atoms with E-state index in [0.717, 1.165) is 5.56 Å². The molecule has 1 aromatic carbocycles. The van der Waals surface area contributed by atoms with Crippen LogP contribution < -0.4 is 5.73 Å². The Bertz CT molecular complexity index is 642. The fourth-order valence-electron chi connectivity index (χ4n) is 1.64. The Balaban J connectivity index is 2.10. The Labute approximate surface area is 109 Å². The van der Waals surface area contributed by atoms with Gasteiger partial charge in [0.05, 0.1) is 11.6 Å². The summed E-state index contributed by atoms with van der Waals surface area (Å²) in [6, 6.07) is 9.12. The molecule has 0 aliphatic heterocycles. The summed E-state index contributed by atoms with van der Waals surface area (Å²) < 4.78 is 0. The second-order valence-electron chi connectivity index (χ2n) is 4.02. The van der Waals surface area contributed by atoms with E-state index in [2.05, 4.69) is 21.3 Å². The van der Waals surface area contributed by atoms with E-state index in [4.69, 9.17) is 11.0 Å². The van der Waals surface area contributed by atoms with Gasteiger partial charge in [-0.05, 0) is 17.7 Å². The number of nitriles is 1. The lowest BCUT2D eigenvalue weighted by Crippen LogP contribution is -2.27. The normalized spacial score (nSPS) is 9.89. The average molecular weight is 256 g/mol. The van der Waals surface area contributed by atoms with Crippen LogP contribution in [0.5, 0.6) is 0 Å². The Hall–Kier alpha value is -2.88. The van der Waals surface area contributed by atoms with Crippen molar-refractivity contribution in [3.63, 3.8) is 0 Å². The topological polar surface area (TPSA) is 112 Å². The third kappa shape index (κ3) is 2.87. The molecule has 0 radical (unpaired) electrons. The number of amides is 1. The first-order valence-electron chi connectivity index (χ1n) is 5.52. The number of hydrogen-bond acceptors (Lipinski definition) is 5. The number of aromatic amines is 1. The highest BCUT2D eigenvalue weighted by atomic mass is 16.2. The monoisotopic (exact) mass is 256 g/mol. The zero-order chi connectivity index (χ0) is 13.8. The molecule has 19 heavy (non-hydrogen) atoms. The van der Waals surface area contributed by atoms with Crippen molar-refractivity contribution in [2.75, 3.05) is 12.8 Å². The first-order valence-corrected chi connectivity index (χ1v) is 5.52. The quantitative estimate of drug-likeness (QED) is 0.831. The predicted molar refractivity (Wildman–Crippen MR) is 67.7 cm³/mol. The van der Waals surface area contributed by atoms with Crippen LogP contribution in [0.2, 0.25) is 0 Å². The van der Waals surface area contributed by atoms with Gasteiger partial charge in [-0.2, -0.15) is 10.2 Å². The number of carbonyl (C=O) groups excluding carboxylic acids is 1. The molecule has 1 heterocycles. The number of H-pyrrole nitrogens is 1. The molecule has 7 nitrogen and oxygen atoms in total. The Kier molecular flexibility index (Phi) is 3.43. The SMILES string of the molecule is CN(Cc1cccc(C#N)c1)C(=O)c1nc(N)n[nH]1. The number of nitrogens with one attached hydrogen (secondary N) is 1. The molecule has 0 saturated carbocycles. The van der Waals surface area contributed by atoms with Crippen molar-refractivity contribution in [1.82, 2.24) is 20.1 Å². The van der Waals surface area contributed by atoms with Crippen molar-refractivity contribution in [3.05, 3.63) is 41.2 Å². The van der Waals surface area contributed by atoms with Gasteiger partial charge in [0.25, 0.3) is 5.91 Å². The van der Waals surface area contributed by atoms with Crippen LogP contribution in [-0.2, 0) is 6.54 Å². The number of nitrogen functional groups attached to an aromatic ring is 1. The maximum Gasteiger partial charge on any atom is 0.291 e. The Morgan fingerprint density at radius 2 is 2.37 bits per heavy atom. The summed E-state index contributed by atoms with van der Waals surface area (Å²) in [5.74, 6) is -0.189. The third-order valence-corrected chi connectivity index (χ3v) is 2.53. The van der Waals surface area contributed by atoms with E-state index in [9.17, 15) is 4.79 Å². The summed E-state index contributed by atoms with van der Waals surface area (Å²) in [6.45, 7) is 0.370. The number of carbonyl (C=O) groups is 1. The number of rotatable bonds is 3. The minimum atomic E-state index is -0.313. The van der Waals surface area contributed by atoms with Crippen LogP contribution in [0.25, 0.3) is 0 Å². The molecule has 0 atom stereocenters. The summed E-state index contributed by atoms with van der Waals surface area (Å²) in [7, 11) is 1.64. The molecule has 0 unspecified atom stereocenters. The maximum atomic E-state index is 12.0. The molecule has 0 saturated heterocycles. The molecule has 0 fully saturated rings. The van der Waals surface area contributed by atoms with E-state index in [1.165, 1.54) is 4.90 Å². The molecule has 0 aliphatic carbocycles. The number of hydrogen-bond donors (Lipinski definition) is 2. The van der Waals surface area contributed by atoms with Crippen LogP contribution in [-0.4, -0.2) is 33.0 Å². The molecule has 1 aromatic heterocycles. The average Bonchev–Trinajstić information content (AvgIpc) is 2.84. The van der Waals surface area contributed by atoms with Crippen molar-refractivity contribution >= 4 is 11.9 Å². The van der Waals surface area contributed by atoms with Gasteiger partial charge in [0.15, 0.2) is 0 Å². The van der Waals surface area contributed by atoms with Crippen LogP contribution in [0.4, 0.5) is 5.95 Å². The van der Waals surface area contributed by atoms with Gasteiger partial charge in [0.1, 0.15) is 0 Å². The fourth-order valence-corrected chi connectivity index (χ4v) is 1.64. The number of nitrogens with two attached hydrogens (primary N) is 1. The molecule has 2 rings (SSSR count).